The van der Waals surface area contributed by atoms with E-state index in [1.807, 2.05) is 24.3 Å². The van der Waals surface area contributed by atoms with E-state index in [2.05, 4.69) is 20.7 Å². The van der Waals surface area contributed by atoms with Crippen LogP contribution in [0.4, 0.5) is 4.79 Å². The zero-order valence-corrected chi connectivity index (χ0v) is 27.8. The third-order valence-electron chi connectivity index (χ3n) is 8.01. The average molecular weight is 710 g/mol. The number of rotatable bonds is 9. The molecule has 0 bridgehead atoms. The standard InChI is InChI=1S/C33H27Cl3N6O6/c1-41-27(15-43)40-42-14-17(11-26(42)32(41)45)19-5-3-6-20(29(19)35)21-7-4-8-22(30(21)36)25-12-24(34)23(31(39-25)47-2)16-48-33(46)37-13-18-9-10-28(44)38-18/h3-8,11-12,14-15,18H,9-10,13,16H2,1-2H3,(H,37,46)(H,38,44). The van der Waals surface area contributed by atoms with E-state index in [0.29, 0.717) is 68.2 Å². The zero-order valence-electron chi connectivity index (χ0n) is 25.6. The van der Waals surface area contributed by atoms with Gasteiger partial charge in [-0.2, -0.15) is 0 Å². The quantitative estimate of drug-likeness (QED) is 0.185. The van der Waals surface area contributed by atoms with Gasteiger partial charge in [-0.15, -0.1) is 5.10 Å². The summed E-state index contributed by atoms with van der Waals surface area (Å²) >= 11 is 20.6. The van der Waals surface area contributed by atoms with Crippen LogP contribution in [0.3, 0.4) is 0 Å². The summed E-state index contributed by atoms with van der Waals surface area (Å²) in [6, 6.07) is 14.0. The second-order valence-electron chi connectivity index (χ2n) is 11.0. The number of fused-ring (bicyclic) bond motifs is 1. The van der Waals surface area contributed by atoms with E-state index in [1.165, 1.54) is 23.2 Å². The van der Waals surface area contributed by atoms with Gasteiger partial charge in [0.05, 0.1) is 33.4 Å². The summed E-state index contributed by atoms with van der Waals surface area (Å²) in [5.74, 6) is 0.0865. The van der Waals surface area contributed by atoms with E-state index in [9.17, 15) is 19.2 Å². The van der Waals surface area contributed by atoms with Crippen LogP contribution in [0, 0.1) is 0 Å². The van der Waals surface area contributed by atoms with Crippen molar-refractivity contribution in [1.29, 1.82) is 0 Å². The largest absolute Gasteiger partial charge is 0.481 e. The molecule has 48 heavy (non-hydrogen) atoms. The fraction of sp³-hybridized carbons (Fsp3) is 0.212. The number of ether oxygens (including phenoxy) is 2. The summed E-state index contributed by atoms with van der Waals surface area (Å²) in [6.07, 6.45) is 2.54. The summed E-state index contributed by atoms with van der Waals surface area (Å²) < 4.78 is 13.4. The second kappa shape index (κ2) is 13.7. The number of methoxy groups -OCH3 is 1. The molecule has 2 N–H and O–H groups in total. The third kappa shape index (κ3) is 6.34. The Hall–Kier alpha value is -4.91. The number of alkyl carbamates (subject to hydrolysis) is 1. The molecule has 1 saturated heterocycles. The molecule has 1 aliphatic heterocycles. The maximum absolute atomic E-state index is 12.8. The van der Waals surface area contributed by atoms with Gasteiger partial charge in [0.15, 0.2) is 12.1 Å². The first-order valence-corrected chi connectivity index (χ1v) is 15.8. The molecule has 1 unspecified atom stereocenters. The van der Waals surface area contributed by atoms with Crippen molar-refractivity contribution in [2.45, 2.75) is 25.5 Å². The van der Waals surface area contributed by atoms with Gasteiger partial charge >= 0.3 is 6.09 Å². The van der Waals surface area contributed by atoms with Crippen LogP contribution in [-0.2, 0) is 23.2 Å². The highest BCUT2D eigenvalue weighted by molar-refractivity contribution is 6.39. The van der Waals surface area contributed by atoms with Gasteiger partial charge < -0.3 is 20.1 Å². The minimum atomic E-state index is -0.675. The Bertz CT molecular complexity index is 2160. The molecule has 1 aliphatic rings. The fourth-order valence-corrected chi connectivity index (χ4v) is 6.38. The molecule has 1 atom stereocenters. The lowest BCUT2D eigenvalue weighted by Crippen LogP contribution is -2.38. The molecular weight excluding hydrogens is 683 g/mol. The molecule has 0 spiro atoms. The summed E-state index contributed by atoms with van der Waals surface area (Å²) in [5.41, 5.74) is 3.70. The SMILES string of the molecule is COc1nc(-c2cccc(-c3cccc(-c4cc5c(=O)n(C)c(C=O)nn5c4)c3Cl)c2Cl)cc(Cl)c1COC(=O)NCC1CCC(=O)N1. The van der Waals surface area contributed by atoms with E-state index in [0.717, 1.165) is 0 Å². The molecule has 12 nitrogen and oxygen atoms in total. The van der Waals surface area contributed by atoms with Crippen molar-refractivity contribution < 1.29 is 23.9 Å². The monoisotopic (exact) mass is 708 g/mol. The summed E-state index contributed by atoms with van der Waals surface area (Å²) in [7, 11) is 2.91. The Balaban J connectivity index is 1.28. The number of aromatic nitrogens is 4. The Labute approximate surface area is 288 Å². The number of hydrogen-bond acceptors (Lipinski definition) is 8. The van der Waals surface area contributed by atoms with Crippen molar-refractivity contribution in [3.05, 3.63) is 91.5 Å². The minimum Gasteiger partial charge on any atom is -0.481 e. The molecule has 246 valence electrons. The molecule has 0 radical (unpaired) electrons. The Morgan fingerprint density at radius 2 is 1.75 bits per heavy atom. The molecular formula is C33H27Cl3N6O6. The molecule has 0 aliphatic carbocycles. The van der Waals surface area contributed by atoms with Crippen LogP contribution in [0.15, 0.2) is 59.5 Å². The van der Waals surface area contributed by atoms with Crippen LogP contribution in [0.25, 0.3) is 39.0 Å². The number of carbonyl (C=O) groups is 3. The lowest BCUT2D eigenvalue weighted by Gasteiger charge is -2.16. The number of pyridine rings is 1. The number of hydrogen-bond donors (Lipinski definition) is 2. The highest BCUT2D eigenvalue weighted by Gasteiger charge is 2.23. The van der Waals surface area contributed by atoms with Crippen molar-refractivity contribution in [2.24, 2.45) is 7.05 Å². The minimum absolute atomic E-state index is 0.0125. The third-order valence-corrected chi connectivity index (χ3v) is 9.16. The van der Waals surface area contributed by atoms with Gasteiger partial charge in [0.1, 0.15) is 12.1 Å². The highest BCUT2D eigenvalue weighted by Crippen LogP contribution is 2.43. The zero-order chi connectivity index (χ0) is 34.1. The summed E-state index contributed by atoms with van der Waals surface area (Å²) in [4.78, 5) is 52.5. The van der Waals surface area contributed by atoms with E-state index in [-0.39, 0.29) is 52.9 Å². The molecule has 3 aromatic heterocycles. The molecule has 5 aromatic rings. The number of benzene rings is 2. The molecule has 1 fully saturated rings. The number of carbonyl (C=O) groups excluding carboxylic acids is 3. The molecule has 15 heteroatoms. The number of amides is 2. The van der Waals surface area contributed by atoms with Gasteiger partial charge in [-0.05, 0) is 18.6 Å². The number of halogens is 3. The van der Waals surface area contributed by atoms with E-state index < -0.39 is 6.09 Å². The predicted octanol–water partition coefficient (Wildman–Crippen LogP) is 5.72. The van der Waals surface area contributed by atoms with Gasteiger partial charge in [-0.25, -0.2) is 14.3 Å². The van der Waals surface area contributed by atoms with E-state index in [1.54, 1.807) is 30.5 Å². The van der Waals surface area contributed by atoms with E-state index in [4.69, 9.17) is 44.3 Å². The van der Waals surface area contributed by atoms with Crippen LogP contribution >= 0.6 is 34.8 Å². The molecule has 0 saturated carbocycles. The van der Waals surface area contributed by atoms with E-state index >= 15 is 0 Å². The molecule has 4 heterocycles. The summed E-state index contributed by atoms with van der Waals surface area (Å²) in [5, 5.41) is 10.6. The first kappa shape index (κ1) is 33.0. The van der Waals surface area contributed by atoms with Gasteiger partial charge in [0.2, 0.25) is 11.8 Å². The van der Waals surface area contributed by atoms with Gasteiger partial charge in [-0.3, -0.25) is 19.0 Å². The van der Waals surface area contributed by atoms with Crippen molar-refractivity contribution in [2.75, 3.05) is 13.7 Å². The van der Waals surface area contributed by atoms with Crippen molar-refractivity contribution in [3.63, 3.8) is 0 Å². The van der Waals surface area contributed by atoms with Crippen LogP contribution < -0.4 is 20.9 Å². The number of nitrogens with zero attached hydrogens (tertiary/aromatic N) is 4. The smallest absolute Gasteiger partial charge is 0.407 e. The first-order valence-electron chi connectivity index (χ1n) is 14.7. The van der Waals surface area contributed by atoms with Gasteiger partial charge in [0.25, 0.3) is 5.56 Å². The second-order valence-corrected chi connectivity index (χ2v) is 12.1. The highest BCUT2D eigenvalue weighted by atomic mass is 35.5. The van der Waals surface area contributed by atoms with Crippen LogP contribution in [0.2, 0.25) is 15.1 Å². The maximum Gasteiger partial charge on any atom is 0.407 e. The molecule has 2 aromatic carbocycles. The molecule has 2 amide bonds. The normalized spacial score (nSPS) is 14.2. The van der Waals surface area contributed by atoms with Crippen molar-refractivity contribution in [3.8, 4) is 39.4 Å². The Kier molecular flexibility index (Phi) is 9.40. The number of nitrogens with one attached hydrogen (secondary N) is 2. The molecule has 6 rings (SSSR count). The number of aldehydes is 1. The van der Waals surface area contributed by atoms with Crippen molar-refractivity contribution in [1.82, 2.24) is 29.8 Å². The van der Waals surface area contributed by atoms with Gasteiger partial charge in [-0.1, -0.05) is 71.2 Å². The van der Waals surface area contributed by atoms with Crippen molar-refractivity contribution >= 4 is 58.6 Å². The Morgan fingerprint density at radius 3 is 2.42 bits per heavy atom. The Morgan fingerprint density at radius 1 is 1.06 bits per heavy atom. The topological polar surface area (TPSA) is 146 Å². The van der Waals surface area contributed by atoms with Crippen LogP contribution in [0.1, 0.15) is 29.0 Å². The predicted molar refractivity (Wildman–Crippen MR) is 181 cm³/mol. The average Bonchev–Trinajstić information content (AvgIpc) is 3.70. The summed E-state index contributed by atoms with van der Waals surface area (Å²) in [6.45, 7) is 0.0393. The first-order chi connectivity index (χ1) is 23.1. The fourth-order valence-electron chi connectivity index (χ4n) is 5.48. The van der Waals surface area contributed by atoms with Crippen LogP contribution in [0.5, 0.6) is 5.88 Å². The lowest BCUT2D eigenvalue weighted by molar-refractivity contribution is -0.119. The lowest BCUT2D eigenvalue weighted by atomic mass is 9.97. The van der Waals surface area contributed by atoms with Gasteiger partial charge in [0, 0.05) is 60.1 Å². The maximum atomic E-state index is 12.8. The van der Waals surface area contributed by atoms with Crippen LogP contribution in [-0.4, -0.2) is 57.1 Å².